The Kier molecular flexibility index (Phi) is 9.28. The third-order valence-electron chi connectivity index (χ3n) is 0.422. The minimum absolute atomic E-state index is 0.194. The molecule has 0 aromatic carbocycles. The van der Waals surface area contributed by atoms with Gasteiger partial charge >= 0.3 is 0 Å². The van der Waals surface area contributed by atoms with Crippen LogP contribution in [-0.2, 0) is 10.7 Å². The van der Waals surface area contributed by atoms with E-state index in [1.54, 1.807) is 13.8 Å². The topological polar surface area (TPSA) is 34.1 Å². The van der Waals surface area contributed by atoms with Crippen LogP contribution in [0, 0.1) is 0 Å². The van der Waals surface area contributed by atoms with Gasteiger partial charge in [0, 0.05) is 0 Å². The van der Waals surface area contributed by atoms with Crippen LogP contribution in [0.15, 0.2) is 0 Å². The molecule has 0 amide bonds. The highest BCUT2D eigenvalue weighted by atomic mass is 32.2. The zero-order chi connectivity index (χ0) is 7.15. The molecule has 0 radical (unpaired) electrons. The van der Waals surface area contributed by atoms with Crippen LogP contribution in [0.1, 0.15) is 13.8 Å². The van der Waals surface area contributed by atoms with Crippen LogP contribution in [0.5, 0.6) is 0 Å². The molecule has 0 rings (SSSR count). The number of rotatable bonds is 1. The summed E-state index contributed by atoms with van der Waals surface area (Å²) in [4.78, 5) is 0. The lowest BCUT2D eigenvalue weighted by molar-refractivity contribution is 0.607. The maximum atomic E-state index is 9.74. The van der Waals surface area contributed by atoms with Crippen LogP contribution >= 0.6 is 0 Å². The van der Waals surface area contributed by atoms with Gasteiger partial charge in [0.05, 0.1) is 12.4 Å². The van der Waals surface area contributed by atoms with Crippen molar-refractivity contribution in [1.82, 2.24) is 0 Å². The van der Waals surface area contributed by atoms with Crippen molar-refractivity contribution < 1.29 is 12.8 Å². The molecular formula is C4H11FO2S. The predicted octanol–water partition coefficient (Wildman–Crippen LogP) is 0.592. The van der Waals surface area contributed by atoms with Gasteiger partial charge in [-0.15, -0.1) is 0 Å². The lowest BCUT2D eigenvalue weighted by Crippen LogP contribution is -1.93. The lowest BCUT2D eigenvalue weighted by atomic mass is 10.6. The Labute approximate surface area is 50.7 Å². The van der Waals surface area contributed by atoms with E-state index in [2.05, 4.69) is 0 Å². The highest BCUT2D eigenvalue weighted by Crippen LogP contribution is 1.78. The fourth-order valence-electron chi connectivity index (χ4n) is 0. The molecule has 0 aliphatic heterocycles. The van der Waals surface area contributed by atoms with Crippen molar-refractivity contribution in [3.05, 3.63) is 0 Å². The second-order valence-electron chi connectivity index (χ2n) is 1.38. The Morgan fingerprint density at radius 3 is 1.38 bits per heavy atom. The van der Waals surface area contributed by atoms with Crippen LogP contribution in [0.4, 0.5) is 4.39 Å². The summed E-state index contributed by atoms with van der Waals surface area (Å²) in [5, 5.41) is -0.194. The van der Waals surface area contributed by atoms with Gasteiger partial charge in [0.1, 0.15) is 10.7 Å². The molecule has 0 unspecified atom stereocenters. The van der Waals surface area contributed by atoms with Crippen LogP contribution in [0.3, 0.4) is 0 Å². The average molecular weight is 142 g/mol. The van der Waals surface area contributed by atoms with Crippen molar-refractivity contribution in [2.75, 3.05) is 7.18 Å². The molecule has 0 saturated heterocycles. The first-order valence-corrected chi connectivity index (χ1v) is 3.40. The molecule has 0 heterocycles. The summed E-state index contributed by atoms with van der Waals surface area (Å²) in [6.07, 6.45) is 0. The SMILES string of the molecule is CC(C)[SH](=O)=O.CF. The molecule has 0 bridgehead atoms. The molecule has 0 aromatic rings. The van der Waals surface area contributed by atoms with Crippen molar-refractivity contribution in [1.29, 1.82) is 0 Å². The van der Waals surface area contributed by atoms with Crippen LogP contribution in [0.25, 0.3) is 0 Å². The van der Waals surface area contributed by atoms with Gasteiger partial charge in [0.15, 0.2) is 0 Å². The summed E-state index contributed by atoms with van der Waals surface area (Å²) in [6, 6.07) is 0. The van der Waals surface area contributed by atoms with E-state index >= 15 is 0 Å². The summed E-state index contributed by atoms with van der Waals surface area (Å²) >= 11 is 0. The zero-order valence-corrected chi connectivity index (χ0v) is 6.11. The third-order valence-corrected chi connectivity index (χ3v) is 1.26. The van der Waals surface area contributed by atoms with Gasteiger partial charge < -0.3 is 0 Å². The predicted molar refractivity (Wildman–Crippen MR) is 32.5 cm³/mol. The van der Waals surface area contributed by atoms with E-state index in [0.29, 0.717) is 7.18 Å². The van der Waals surface area contributed by atoms with Crippen molar-refractivity contribution in [2.45, 2.75) is 19.1 Å². The molecule has 2 nitrogen and oxygen atoms in total. The van der Waals surface area contributed by atoms with E-state index in [-0.39, 0.29) is 5.25 Å². The Morgan fingerprint density at radius 2 is 1.38 bits per heavy atom. The highest BCUT2D eigenvalue weighted by Gasteiger charge is 1.88. The number of thiol groups is 1. The Bertz CT molecular complexity index is 90.2. The van der Waals surface area contributed by atoms with E-state index < -0.39 is 10.7 Å². The van der Waals surface area contributed by atoms with Crippen molar-refractivity contribution in [2.24, 2.45) is 0 Å². The molecule has 0 fully saturated rings. The number of halogens is 1. The summed E-state index contributed by atoms with van der Waals surface area (Å²) < 4.78 is 29.0. The smallest absolute Gasteiger partial charge is 0.142 e. The van der Waals surface area contributed by atoms with Gasteiger partial charge in [-0.05, 0) is 13.8 Å². The minimum Gasteiger partial charge on any atom is -0.255 e. The largest absolute Gasteiger partial charge is 0.255 e. The monoisotopic (exact) mass is 142 g/mol. The average Bonchev–Trinajstić information content (AvgIpc) is 1.72. The van der Waals surface area contributed by atoms with E-state index in [0.717, 1.165) is 0 Å². The quantitative estimate of drug-likeness (QED) is 0.544. The number of hydrogen-bond acceptors (Lipinski definition) is 2. The normalized spacial score (nSPS) is 8.75. The first-order valence-electron chi connectivity index (χ1n) is 2.16. The molecule has 0 saturated carbocycles. The van der Waals surface area contributed by atoms with Gasteiger partial charge in [-0.2, -0.15) is 0 Å². The van der Waals surface area contributed by atoms with Crippen molar-refractivity contribution >= 4 is 10.7 Å². The summed E-state index contributed by atoms with van der Waals surface area (Å²) in [5.41, 5.74) is 0. The Morgan fingerprint density at radius 1 is 1.25 bits per heavy atom. The molecule has 0 aromatic heterocycles. The summed E-state index contributed by atoms with van der Waals surface area (Å²) in [7, 11) is -1.66. The standard InChI is InChI=1S/C3H8O2S.CH3F/c1-3(2)6(4)5;1-2/h3,6H,1-2H3;1H3. The molecule has 0 N–H and O–H groups in total. The van der Waals surface area contributed by atoms with E-state index in [1.165, 1.54) is 0 Å². The molecule has 0 aliphatic carbocycles. The third kappa shape index (κ3) is 9.30. The highest BCUT2D eigenvalue weighted by molar-refractivity contribution is 7.73. The summed E-state index contributed by atoms with van der Waals surface area (Å²) in [6.45, 7) is 3.29. The second kappa shape index (κ2) is 6.88. The Hall–Kier alpha value is -0.120. The fourth-order valence-corrected chi connectivity index (χ4v) is 0. The molecule has 8 heavy (non-hydrogen) atoms. The molecule has 0 aliphatic rings. The van der Waals surface area contributed by atoms with Crippen molar-refractivity contribution in [3.63, 3.8) is 0 Å². The lowest BCUT2D eigenvalue weighted by Gasteiger charge is -1.82. The van der Waals surface area contributed by atoms with Gasteiger partial charge in [-0.25, -0.2) is 8.42 Å². The first kappa shape index (κ1) is 10.8. The van der Waals surface area contributed by atoms with E-state index in [9.17, 15) is 12.8 Å². The van der Waals surface area contributed by atoms with E-state index in [4.69, 9.17) is 0 Å². The van der Waals surface area contributed by atoms with Crippen molar-refractivity contribution in [3.8, 4) is 0 Å². The molecule has 0 spiro atoms. The zero-order valence-electron chi connectivity index (χ0n) is 5.22. The maximum Gasteiger partial charge on any atom is 0.142 e. The molecule has 52 valence electrons. The second-order valence-corrected chi connectivity index (χ2v) is 2.98. The van der Waals surface area contributed by atoms with Gasteiger partial charge in [0.25, 0.3) is 0 Å². The van der Waals surface area contributed by atoms with Gasteiger partial charge in [-0.3, -0.25) is 4.39 Å². The summed E-state index contributed by atoms with van der Waals surface area (Å²) in [5.74, 6) is 0. The molecule has 4 heteroatoms. The number of hydrogen-bond donors (Lipinski definition) is 1. The van der Waals surface area contributed by atoms with Crippen LogP contribution < -0.4 is 0 Å². The molecular weight excluding hydrogens is 131 g/mol. The van der Waals surface area contributed by atoms with Crippen LogP contribution in [-0.4, -0.2) is 20.8 Å². The minimum atomic E-state index is -2.16. The molecule has 0 atom stereocenters. The number of alkyl halides is 1. The van der Waals surface area contributed by atoms with Gasteiger partial charge in [-0.1, -0.05) is 0 Å². The van der Waals surface area contributed by atoms with E-state index in [1.807, 2.05) is 0 Å². The fraction of sp³-hybridized carbons (Fsp3) is 1.00. The van der Waals surface area contributed by atoms with Gasteiger partial charge in [0.2, 0.25) is 0 Å². The van der Waals surface area contributed by atoms with Crippen LogP contribution in [0.2, 0.25) is 0 Å². The maximum absolute atomic E-state index is 9.74. The first-order chi connectivity index (χ1) is 3.64. The Balaban J connectivity index is 0.